The van der Waals surface area contributed by atoms with Crippen molar-refractivity contribution >= 4 is 17.5 Å². The lowest BCUT2D eigenvalue weighted by Crippen LogP contribution is -1.93. The minimum atomic E-state index is 0.270. The molecule has 0 atom stereocenters. The zero-order chi connectivity index (χ0) is 15.8. The first-order valence-corrected chi connectivity index (χ1v) is 7.55. The minimum absolute atomic E-state index is 0.270. The van der Waals surface area contributed by atoms with E-state index in [-0.39, 0.29) is 6.79 Å². The highest BCUT2D eigenvalue weighted by Crippen LogP contribution is 2.34. The van der Waals surface area contributed by atoms with Crippen LogP contribution < -0.4 is 15.2 Å². The van der Waals surface area contributed by atoms with Gasteiger partial charge in [0, 0.05) is 22.7 Å². The molecule has 0 amide bonds. The van der Waals surface area contributed by atoms with Gasteiger partial charge in [0.05, 0.1) is 5.69 Å². The number of H-pyrrole nitrogens is 1. The highest BCUT2D eigenvalue weighted by Gasteiger charge is 2.16. The first-order chi connectivity index (χ1) is 11.2. The summed E-state index contributed by atoms with van der Waals surface area (Å²) in [6.07, 6.45) is 0.665. The maximum atomic E-state index is 5.95. The highest BCUT2D eigenvalue weighted by atomic mass is 35.5. The van der Waals surface area contributed by atoms with Crippen molar-refractivity contribution in [1.82, 2.24) is 9.97 Å². The number of nitrogens with zero attached hydrogens (tertiary/aromatic N) is 1. The molecule has 0 unspecified atom stereocenters. The van der Waals surface area contributed by atoms with Crippen molar-refractivity contribution in [3.63, 3.8) is 0 Å². The Morgan fingerprint density at radius 3 is 2.70 bits per heavy atom. The van der Waals surface area contributed by atoms with Gasteiger partial charge in [-0.3, -0.25) is 0 Å². The zero-order valence-corrected chi connectivity index (χ0v) is 12.9. The molecule has 0 spiro atoms. The van der Waals surface area contributed by atoms with Gasteiger partial charge >= 0.3 is 0 Å². The predicted molar refractivity (Wildman–Crippen MR) is 88.8 cm³/mol. The normalized spacial score (nSPS) is 12.6. The number of anilines is 1. The summed E-state index contributed by atoms with van der Waals surface area (Å²) in [6.45, 7) is 0.270. The molecule has 0 aliphatic carbocycles. The van der Waals surface area contributed by atoms with E-state index in [1.165, 1.54) is 0 Å². The highest BCUT2D eigenvalue weighted by molar-refractivity contribution is 6.30. The summed E-state index contributed by atoms with van der Waals surface area (Å²) < 4.78 is 10.8. The molecule has 2 aromatic carbocycles. The van der Waals surface area contributed by atoms with Crippen LogP contribution in [0.3, 0.4) is 0 Å². The number of hydrogen-bond acceptors (Lipinski definition) is 4. The van der Waals surface area contributed by atoms with Crippen LogP contribution in [-0.4, -0.2) is 16.8 Å². The van der Waals surface area contributed by atoms with Crippen LogP contribution in [-0.2, 0) is 6.42 Å². The van der Waals surface area contributed by atoms with Crippen molar-refractivity contribution in [2.24, 2.45) is 0 Å². The van der Waals surface area contributed by atoms with Crippen LogP contribution in [0.4, 0.5) is 5.95 Å². The van der Waals surface area contributed by atoms with Gasteiger partial charge in [-0.1, -0.05) is 29.8 Å². The molecule has 2 heterocycles. The molecule has 0 saturated carbocycles. The summed E-state index contributed by atoms with van der Waals surface area (Å²) in [4.78, 5) is 7.54. The molecular formula is C17H14ClN3O2. The fourth-order valence-electron chi connectivity index (χ4n) is 2.66. The van der Waals surface area contributed by atoms with Crippen molar-refractivity contribution in [1.29, 1.82) is 0 Å². The van der Waals surface area contributed by atoms with Crippen LogP contribution >= 0.6 is 11.6 Å². The van der Waals surface area contributed by atoms with Crippen LogP contribution in [0.25, 0.3) is 11.3 Å². The molecule has 4 rings (SSSR count). The molecule has 0 bridgehead atoms. The summed E-state index contributed by atoms with van der Waals surface area (Å²) in [7, 11) is 0. The maximum absolute atomic E-state index is 5.95. The number of aromatic amines is 1. The van der Waals surface area contributed by atoms with Crippen LogP contribution in [0.2, 0.25) is 5.02 Å². The number of rotatable bonds is 3. The van der Waals surface area contributed by atoms with E-state index < -0.39 is 0 Å². The Morgan fingerprint density at radius 2 is 1.87 bits per heavy atom. The number of imidazole rings is 1. The second-order valence-corrected chi connectivity index (χ2v) is 5.76. The van der Waals surface area contributed by atoms with E-state index in [0.29, 0.717) is 17.4 Å². The van der Waals surface area contributed by atoms with Gasteiger partial charge in [-0.2, -0.15) is 0 Å². The molecule has 0 fully saturated rings. The average Bonchev–Trinajstić information content (AvgIpc) is 3.14. The third kappa shape index (κ3) is 2.71. The number of aromatic nitrogens is 2. The number of hydrogen-bond donors (Lipinski definition) is 2. The standard InChI is InChI=1S/C17H14ClN3O2/c18-12-4-2-11(3-5-12)16-13(20-17(19)21-16)7-10-1-6-14-15(8-10)23-9-22-14/h1-6,8H,7,9H2,(H3,19,20,21). The Morgan fingerprint density at radius 1 is 1.09 bits per heavy atom. The molecule has 0 saturated heterocycles. The van der Waals surface area contributed by atoms with Gasteiger partial charge < -0.3 is 20.2 Å². The predicted octanol–water partition coefficient (Wildman–Crippen LogP) is 3.63. The largest absolute Gasteiger partial charge is 0.454 e. The molecule has 1 aliphatic heterocycles. The van der Waals surface area contributed by atoms with Crippen molar-refractivity contribution in [2.75, 3.05) is 12.5 Å². The first kappa shape index (κ1) is 14.0. The molecule has 3 N–H and O–H groups in total. The fourth-order valence-corrected chi connectivity index (χ4v) is 2.79. The van der Waals surface area contributed by atoms with E-state index >= 15 is 0 Å². The van der Waals surface area contributed by atoms with Crippen molar-refractivity contribution in [3.8, 4) is 22.8 Å². The summed E-state index contributed by atoms with van der Waals surface area (Å²) in [5.41, 5.74) is 9.69. The zero-order valence-electron chi connectivity index (χ0n) is 12.2. The number of ether oxygens (including phenoxy) is 2. The van der Waals surface area contributed by atoms with Crippen molar-refractivity contribution < 1.29 is 9.47 Å². The molecule has 0 radical (unpaired) electrons. The van der Waals surface area contributed by atoms with Gasteiger partial charge in [0.25, 0.3) is 0 Å². The number of benzene rings is 2. The second-order valence-electron chi connectivity index (χ2n) is 5.32. The molecule has 3 aromatic rings. The van der Waals surface area contributed by atoms with E-state index in [2.05, 4.69) is 9.97 Å². The smallest absolute Gasteiger partial charge is 0.231 e. The van der Waals surface area contributed by atoms with E-state index in [0.717, 1.165) is 34.0 Å². The lowest BCUT2D eigenvalue weighted by molar-refractivity contribution is 0.174. The number of nitrogen functional groups attached to an aromatic ring is 1. The van der Waals surface area contributed by atoms with Gasteiger partial charge in [0.1, 0.15) is 0 Å². The Balaban J connectivity index is 1.68. The molecule has 6 heteroatoms. The van der Waals surface area contributed by atoms with Gasteiger partial charge in [-0.05, 0) is 29.8 Å². The topological polar surface area (TPSA) is 73.2 Å². The Kier molecular flexibility index (Phi) is 3.35. The molecule has 5 nitrogen and oxygen atoms in total. The summed E-state index contributed by atoms with van der Waals surface area (Å²) in [5.74, 6) is 1.93. The Labute approximate surface area is 138 Å². The monoisotopic (exact) mass is 327 g/mol. The SMILES string of the molecule is Nc1nc(-c2ccc(Cl)cc2)c(Cc2ccc3c(c2)OCO3)[nH]1. The molecule has 116 valence electrons. The van der Waals surface area contributed by atoms with Crippen LogP contribution in [0.1, 0.15) is 11.3 Å². The van der Waals surface area contributed by atoms with E-state index in [1.807, 2.05) is 42.5 Å². The Hall–Kier alpha value is -2.66. The lowest BCUT2D eigenvalue weighted by Gasteiger charge is -2.05. The number of fused-ring (bicyclic) bond motifs is 1. The second kappa shape index (κ2) is 5.52. The maximum Gasteiger partial charge on any atom is 0.231 e. The van der Waals surface area contributed by atoms with Crippen LogP contribution in [0, 0.1) is 0 Å². The van der Waals surface area contributed by atoms with Gasteiger partial charge in [0.2, 0.25) is 6.79 Å². The first-order valence-electron chi connectivity index (χ1n) is 7.18. The summed E-state index contributed by atoms with van der Waals surface area (Å²) in [5, 5.41) is 0.689. The van der Waals surface area contributed by atoms with E-state index in [9.17, 15) is 0 Å². The summed E-state index contributed by atoms with van der Waals surface area (Å²) in [6, 6.07) is 13.4. The van der Waals surface area contributed by atoms with Crippen LogP contribution in [0.15, 0.2) is 42.5 Å². The minimum Gasteiger partial charge on any atom is -0.454 e. The van der Waals surface area contributed by atoms with Gasteiger partial charge in [-0.25, -0.2) is 4.98 Å². The van der Waals surface area contributed by atoms with Crippen molar-refractivity contribution in [2.45, 2.75) is 6.42 Å². The van der Waals surface area contributed by atoms with E-state index in [4.69, 9.17) is 26.8 Å². The quantitative estimate of drug-likeness (QED) is 0.770. The van der Waals surface area contributed by atoms with E-state index in [1.54, 1.807) is 0 Å². The van der Waals surface area contributed by atoms with Crippen LogP contribution in [0.5, 0.6) is 11.5 Å². The molecule has 1 aliphatic rings. The number of nitrogens with one attached hydrogen (secondary N) is 1. The average molecular weight is 328 g/mol. The molecular weight excluding hydrogens is 314 g/mol. The van der Waals surface area contributed by atoms with Gasteiger partial charge in [-0.15, -0.1) is 0 Å². The Bertz CT molecular complexity index is 859. The fraction of sp³-hybridized carbons (Fsp3) is 0.118. The number of halogens is 1. The number of nitrogens with two attached hydrogens (primary N) is 1. The molecule has 23 heavy (non-hydrogen) atoms. The third-order valence-corrected chi connectivity index (χ3v) is 3.98. The lowest BCUT2D eigenvalue weighted by atomic mass is 10.0. The summed E-state index contributed by atoms with van der Waals surface area (Å²) >= 11 is 5.95. The molecule has 1 aromatic heterocycles. The van der Waals surface area contributed by atoms with Gasteiger partial charge in [0.15, 0.2) is 17.4 Å². The van der Waals surface area contributed by atoms with Crippen molar-refractivity contribution in [3.05, 3.63) is 58.7 Å². The third-order valence-electron chi connectivity index (χ3n) is 3.73.